The van der Waals surface area contributed by atoms with E-state index in [1.165, 1.54) is 0 Å². The van der Waals surface area contributed by atoms with Crippen LogP contribution in [0.4, 0.5) is 4.79 Å². The van der Waals surface area contributed by atoms with Crippen LogP contribution >= 0.6 is 0 Å². The minimum atomic E-state index is -0.855. The van der Waals surface area contributed by atoms with E-state index in [2.05, 4.69) is 34.9 Å². The van der Waals surface area contributed by atoms with Crippen LogP contribution < -0.4 is 10.6 Å². The number of carbonyl (C=O) groups excluding carboxylic acids is 2. The second-order valence-electron chi connectivity index (χ2n) is 8.89. The molecule has 2 aliphatic carbocycles. The molecule has 0 radical (unpaired) electrons. The predicted molar refractivity (Wildman–Crippen MR) is 128 cm³/mol. The van der Waals surface area contributed by atoms with Gasteiger partial charge in [-0.1, -0.05) is 67.6 Å². The summed E-state index contributed by atoms with van der Waals surface area (Å²) in [6.07, 6.45) is 4.58. The number of hydrogen-bond donors (Lipinski definition) is 3. The lowest BCUT2D eigenvalue weighted by Gasteiger charge is -2.24. The van der Waals surface area contributed by atoms with Crippen LogP contribution in [0.1, 0.15) is 49.7 Å². The fraction of sp³-hybridized carbons (Fsp3) is 0.370. The fourth-order valence-corrected chi connectivity index (χ4v) is 4.79. The number of hydrogen-bond acceptors (Lipinski definition) is 4. The number of amides is 2. The number of fused-ring (bicyclic) bond motifs is 3. The Kier molecular flexibility index (Phi) is 7.30. The van der Waals surface area contributed by atoms with Gasteiger partial charge in [0.05, 0.1) is 5.92 Å². The molecule has 0 saturated carbocycles. The lowest BCUT2D eigenvalue weighted by molar-refractivity contribution is -0.142. The van der Waals surface area contributed by atoms with E-state index >= 15 is 0 Å². The third-order valence-corrected chi connectivity index (χ3v) is 6.61. The number of nitrogens with one attached hydrogen (secondary N) is 2. The molecule has 2 amide bonds. The summed E-state index contributed by atoms with van der Waals surface area (Å²) in [6, 6.07) is 15.6. The van der Waals surface area contributed by atoms with Crippen LogP contribution in [-0.4, -0.2) is 41.8 Å². The van der Waals surface area contributed by atoms with Crippen molar-refractivity contribution >= 4 is 18.0 Å². The summed E-state index contributed by atoms with van der Waals surface area (Å²) in [6.45, 7) is 2.11. The van der Waals surface area contributed by atoms with Gasteiger partial charge in [0.25, 0.3) is 0 Å². The van der Waals surface area contributed by atoms with Crippen LogP contribution in [0, 0.1) is 5.92 Å². The van der Waals surface area contributed by atoms with Crippen molar-refractivity contribution in [3.63, 3.8) is 0 Å². The van der Waals surface area contributed by atoms with Crippen molar-refractivity contribution in [1.29, 1.82) is 0 Å². The Bertz CT molecular complexity index is 1050. The number of ether oxygens (including phenoxy) is 1. The fourth-order valence-electron chi connectivity index (χ4n) is 4.79. The standard InChI is InChI=1S/C27H30N2O5/c1-2-18(15-25(30)28-19-9-7-8-17(14-19)26(31)32)29-27(33)34-16-24-22-12-5-3-10-20(22)21-11-4-6-13-23(21)24/h3-7,9-13,17-19,24H,2,8,14-16H2,1H3,(H,28,30)(H,29,33)(H,31,32)/t17?,18-,19?/m1/s1. The van der Waals surface area contributed by atoms with Crippen LogP contribution in [0.3, 0.4) is 0 Å². The summed E-state index contributed by atoms with van der Waals surface area (Å²) in [7, 11) is 0. The van der Waals surface area contributed by atoms with Gasteiger partial charge in [0.15, 0.2) is 0 Å². The molecule has 0 heterocycles. The number of benzene rings is 2. The summed E-state index contributed by atoms with van der Waals surface area (Å²) in [5.74, 6) is -1.60. The molecule has 0 aromatic heterocycles. The molecule has 4 rings (SSSR count). The van der Waals surface area contributed by atoms with Crippen molar-refractivity contribution in [2.45, 2.75) is 50.6 Å². The Morgan fingerprint density at radius 3 is 2.32 bits per heavy atom. The van der Waals surface area contributed by atoms with Gasteiger partial charge in [-0.25, -0.2) is 4.79 Å². The minimum absolute atomic E-state index is 0.0261. The number of aliphatic carboxylic acids is 1. The molecular weight excluding hydrogens is 432 g/mol. The summed E-state index contributed by atoms with van der Waals surface area (Å²) in [5, 5.41) is 14.9. The van der Waals surface area contributed by atoms with E-state index in [1.54, 1.807) is 6.08 Å². The van der Waals surface area contributed by atoms with Gasteiger partial charge in [0, 0.05) is 24.4 Å². The minimum Gasteiger partial charge on any atom is -0.481 e. The van der Waals surface area contributed by atoms with Crippen LogP contribution in [0.25, 0.3) is 11.1 Å². The highest BCUT2D eigenvalue weighted by Gasteiger charge is 2.29. The summed E-state index contributed by atoms with van der Waals surface area (Å²) in [4.78, 5) is 36.3. The van der Waals surface area contributed by atoms with Crippen LogP contribution in [0.2, 0.25) is 0 Å². The Morgan fingerprint density at radius 1 is 1.06 bits per heavy atom. The van der Waals surface area contributed by atoms with Gasteiger partial charge in [-0.3, -0.25) is 9.59 Å². The molecule has 2 aliphatic rings. The van der Waals surface area contributed by atoms with Gasteiger partial charge >= 0.3 is 12.1 Å². The summed E-state index contributed by atoms with van der Waals surface area (Å²) in [5.41, 5.74) is 4.61. The van der Waals surface area contributed by atoms with Gasteiger partial charge < -0.3 is 20.5 Å². The molecule has 0 bridgehead atoms. The monoisotopic (exact) mass is 462 g/mol. The number of rotatable bonds is 8. The number of alkyl carbamates (subject to hydrolysis) is 1. The Morgan fingerprint density at radius 2 is 1.71 bits per heavy atom. The number of allylic oxidation sites excluding steroid dienone is 1. The second kappa shape index (κ2) is 10.5. The van der Waals surface area contributed by atoms with Crippen LogP contribution in [-0.2, 0) is 14.3 Å². The summed E-state index contributed by atoms with van der Waals surface area (Å²) < 4.78 is 5.59. The molecule has 7 heteroatoms. The van der Waals surface area contributed by atoms with Crippen LogP contribution in [0.15, 0.2) is 60.7 Å². The lowest BCUT2D eigenvalue weighted by Crippen LogP contribution is -2.43. The molecule has 2 aromatic carbocycles. The molecule has 0 spiro atoms. The maximum Gasteiger partial charge on any atom is 0.407 e. The molecule has 2 aromatic rings. The lowest BCUT2D eigenvalue weighted by atomic mass is 9.91. The van der Waals surface area contributed by atoms with E-state index < -0.39 is 18.0 Å². The van der Waals surface area contributed by atoms with Gasteiger partial charge in [0.1, 0.15) is 6.61 Å². The predicted octanol–water partition coefficient (Wildman–Crippen LogP) is 4.23. The first-order valence-corrected chi connectivity index (χ1v) is 11.8. The maximum atomic E-state index is 12.5. The maximum absolute atomic E-state index is 12.5. The second-order valence-corrected chi connectivity index (χ2v) is 8.89. The van der Waals surface area contributed by atoms with Crippen LogP contribution in [0.5, 0.6) is 0 Å². The molecular formula is C27H30N2O5. The van der Waals surface area contributed by atoms with Gasteiger partial charge in [0.2, 0.25) is 5.91 Å². The zero-order valence-corrected chi connectivity index (χ0v) is 19.2. The SMILES string of the molecule is CC[C@H](CC(=O)NC1C=CCC(C(=O)O)C1)NC(=O)OCC1c2ccccc2-c2ccccc21. The quantitative estimate of drug-likeness (QED) is 0.509. The number of carboxylic acids is 1. The van der Waals surface area contributed by atoms with Crippen molar-refractivity contribution in [3.05, 3.63) is 71.8 Å². The molecule has 0 fully saturated rings. The van der Waals surface area contributed by atoms with Crippen molar-refractivity contribution in [2.75, 3.05) is 6.61 Å². The van der Waals surface area contributed by atoms with Crippen molar-refractivity contribution in [2.24, 2.45) is 5.92 Å². The topological polar surface area (TPSA) is 105 Å². The highest BCUT2D eigenvalue weighted by molar-refractivity contribution is 5.80. The highest BCUT2D eigenvalue weighted by atomic mass is 16.5. The Hall–Kier alpha value is -3.61. The highest BCUT2D eigenvalue weighted by Crippen LogP contribution is 2.44. The first-order valence-electron chi connectivity index (χ1n) is 11.8. The van der Waals surface area contributed by atoms with Crippen molar-refractivity contribution in [3.8, 4) is 11.1 Å². The molecule has 3 atom stereocenters. The molecule has 0 aliphatic heterocycles. The smallest absolute Gasteiger partial charge is 0.407 e. The van der Waals surface area contributed by atoms with E-state index in [1.807, 2.05) is 37.3 Å². The number of carbonyl (C=O) groups is 3. The Labute approximate surface area is 199 Å². The van der Waals surface area contributed by atoms with Crippen molar-refractivity contribution in [1.82, 2.24) is 10.6 Å². The molecule has 7 nitrogen and oxygen atoms in total. The molecule has 2 unspecified atom stereocenters. The molecule has 34 heavy (non-hydrogen) atoms. The van der Waals surface area contributed by atoms with E-state index in [9.17, 15) is 19.5 Å². The Balaban J connectivity index is 1.29. The van der Waals surface area contributed by atoms with Crippen molar-refractivity contribution < 1.29 is 24.2 Å². The molecule has 3 N–H and O–H groups in total. The zero-order valence-electron chi connectivity index (χ0n) is 19.2. The average molecular weight is 463 g/mol. The molecule has 178 valence electrons. The van der Waals surface area contributed by atoms with Gasteiger partial charge in [-0.05, 0) is 41.5 Å². The van der Waals surface area contributed by atoms with E-state index in [0.717, 1.165) is 22.3 Å². The number of carboxylic acid groups (broad SMARTS) is 1. The van der Waals surface area contributed by atoms with Gasteiger partial charge in [-0.15, -0.1) is 0 Å². The van der Waals surface area contributed by atoms with Gasteiger partial charge in [-0.2, -0.15) is 0 Å². The van der Waals surface area contributed by atoms with E-state index in [0.29, 0.717) is 19.3 Å². The largest absolute Gasteiger partial charge is 0.481 e. The molecule has 0 saturated heterocycles. The van der Waals surface area contributed by atoms with E-state index in [-0.39, 0.29) is 36.9 Å². The first-order chi connectivity index (χ1) is 16.5. The third kappa shape index (κ3) is 5.30. The third-order valence-electron chi connectivity index (χ3n) is 6.61. The normalized spacial score (nSPS) is 19.6. The zero-order chi connectivity index (χ0) is 24.1. The average Bonchev–Trinajstić information content (AvgIpc) is 3.16. The summed E-state index contributed by atoms with van der Waals surface area (Å²) >= 11 is 0. The van der Waals surface area contributed by atoms with E-state index in [4.69, 9.17) is 4.74 Å². The first kappa shape index (κ1) is 23.5.